The molecule has 20 heavy (non-hydrogen) atoms. The van der Waals surface area contributed by atoms with Crippen LogP contribution in [-0.2, 0) is 4.79 Å². The van der Waals surface area contributed by atoms with Crippen LogP contribution >= 0.6 is 0 Å². The number of nitrogens with one attached hydrogen (secondary N) is 1. The van der Waals surface area contributed by atoms with Gasteiger partial charge in [-0.15, -0.1) is 0 Å². The molecule has 1 N–H and O–H groups in total. The predicted molar refractivity (Wildman–Crippen MR) is 70.0 cm³/mol. The number of anilines is 1. The molecule has 0 aliphatic carbocycles. The SMILES string of the molecule is CC(Nc1c(F)cc(C#N)cc1F)C(=O)N1CCCC1. The van der Waals surface area contributed by atoms with Gasteiger partial charge in [0.1, 0.15) is 11.7 Å². The Balaban J connectivity index is 2.13. The topological polar surface area (TPSA) is 56.1 Å². The van der Waals surface area contributed by atoms with Crippen LogP contribution in [0.15, 0.2) is 12.1 Å². The Morgan fingerprint density at radius 1 is 1.35 bits per heavy atom. The largest absolute Gasteiger partial charge is 0.369 e. The van der Waals surface area contributed by atoms with Gasteiger partial charge in [-0.2, -0.15) is 5.26 Å². The van der Waals surface area contributed by atoms with Gasteiger partial charge in [0.15, 0.2) is 11.6 Å². The lowest BCUT2D eigenvalue weighted by Crippen LogP contribution is -2.40. The highest BCUT2D eigenvalue weighted by Crippen LogP contribution is 2.22. The molecule has 0 radical (unpaired) electrons. The molecule has 1 fully saturated rings. The summed E-state index contributed by atoms with van der Waals surface area (Å²) in [6.07, 6.45) is 1.91. The van der Waals surface area contributed by atoms with E-state index in [2.05, 4.69) is 5.32 Å². The molecule has 6 heteroatoms. The molecule has 4 nitrogen and oxygen atoms in total. The molecule has 0 bridgehead atoms. The Hall–Kier alpha value is -2.16. The number of hydrogen-bond donors (Lipinski definition) is 1. The highest BCUT2D eigenvalue weighted by atomic mass is 19.1. The van der Waals surface area contributed by atoms with E-state index in [9.17, 15) is 13.6 Å². The molecule has 106 valence electrons. The van der Waals surface area contributed by atoms with Crippen LogP contribution in [0, 0.1) is 23.0 Å². The Labute approximate surface area is 116 Å². The lowest BCUT2D eigenvalue weighted by atomic mass is 10.2. The van der Waals surface area contributed by atoms with Crippen molar-refractivity contribution in [2.24, 2.45) is 0 Å². The summed E-state index contributed by atoms with van der Waals surface area (Å²) >= 11 is 0. The molecule has 1 aromatic rings. The van der Waals surface area contributed by atoms with Gasteiger partial charge in [0.25, 0.3) is 0 Å². The maximum Gasteiger partial charge on any atom is 0.244 e. The third kappa shape index (κ3) is 2.87. The fourth-order valence-corrected chi connectivity index (χ4v) is 2.27. The molecule has 1 aromatic carbocycles. The maximum absolute atomic E-state index is 13.7. The molecule has 1 aliphatic rings. The summed E-state index contributed by atoms with van der Waals surface area (Å²) in [7, 11) is 0. The average Bonchev–Trinajstić information content (AvgIpc) is 2.95. The number of carbonyl (C=O) groups is 1. The summed E-state index contributed by atoms with van der Waals surface area (Å²) in [4.78, 5) is 13.7. The lowest BCUT2D eigenvalue weighted by molar-refractivity contribution is -0.130. The molecule has 1 unspecified atom stereocenters. The molecule has 0 spiro atoms. The summed E-state index contributed by atoms with van der Waals surface area (Å²) in [6, 6.07) is 2.84. The van der Waals surface area contributed by atoms with Gasteiger partial charge in [-0.25, -0.2) is 8.78 Å². The van der Waals surface area contributed by atoms with E-state index in [0.717, 1.165) is 25.0 Å². The number of nitrogens with zero attached hydrogens (tertiary/aromatic N) is 2. The summed E-state index contributed by atoms with van der Waals surface area (Å²) < 4.78 is 27.4. The van der Waals surface area contributed by atoms with Crippen molar-refractivity contribution in [2.75, 3.05) is 18.4 Å². The lowest BCUT2D eigenvalue weighted by Gasteiger charge is -2.22. The van der Waals surface area contributed by atoms with Crippen LogP contribution in [0.1, 0.15) is 25.3 Å². The van der Waals surface area contributed by atoms with Gasteiger partial charge in [-0.1, -0.05) is 0 Å². The molecular formula is C14H15F2N3O. The van der Waals surface area contributed by atoms with Crippen molar-refractivity contribution in [3.05, 3.63) is 29.3 Å². The monoisotopic (exact) mass is 279 g/mol. The van der Waals surface area contributed by atoms with Crippen LogP contribution in [0.4, 0.5) is 14.5 Å². The Morgan fingerprint density at radius 2 is 1.90 bits per heavy atom. The van der Waals surface area contributed by atoms with Crippen LogP contribution in [-0.4, -0.2) is 29.9 Å². The summed E-state index contributed by atoms with van der Waals surface area (Å²) in [5.74, 6) is -1.92. The van der Waals surface area contributed by atoms with E-state index in [1.165, 1.54) is 0 Å². The third-order valence-corrected chi connectivity index (χ3v) is 3.32. The second-order valence-corrected chi connectivity index (χ2v) is 4.83. The number of likely N-dealkylation sites (tertiary alicyclic amines) is 1. The predicted octanol–water partition coefficient (Wildman–Crippen LogP) is 2.26. The first-order valence-corrected chi connectivity index (χ1v) is 6.47. The van der Waals surface area contributed by atoms with Gasteiger partial charge in [0.2, 0.25) is 5.91 Å². The van der Waals surface area contributed by atoms with E-state index in [4.69, 9.17) is 5.26 Å². The zero-order valence-electron chi connectivity index (χ0n) is 11.1. The van der Waals surface area contributed by atoms with Crippen molar-refractivity contribution in [3.63, 3.8) is 0 Å². The average molecular weight is 279 g/mol. The van der Waals surface area contributed by atoms with E-state index in [1.807, 2.05) is 0 Å². The smallest absolute Gasteiger partial charge is 0.244 e. The fourth-order valence-electron chi connectivity index (χ4n) is 2.27. The second-order valence-electron chi connectivity index (χ2n) is 4.83. The van der Waals surface area contributed by atoms with E-state index in [1.54, 1.807) is 17.9 Å². The first kappa shape index (κ1) is 14.3. The van der Waals surface area contributed by atoms with Crippen molar-refractivity contribution in [3.8, 4) is 6.07 Å². The van der Waals surface area contributed by atoms with Gasteiger partial charge >= 0.3 is 0 Å². The summed E-state index contributed by atoms with van der Waals surface area (Å²) in [5, 5.41) is 11.2. The van der Waals surface area contributed by atoms with Gasteiger partial charge in [0, 0.05) is 13.1 Å². The van der Waals surface area contributed by atoms with Crippen molar-refractivity contribution in [2.45, 2.75) is 25.8 Å². The molecule has 1 heterocycles. The molecule has 1 saturated heterocycles. The first-order valence-electron chi connectivity index (χ1n) is 6.47. The van der Waals surface area contributed by atoms with Gasteiger partial charge in [-0.3, -0.25) is 4.79 Å². The number of halogens is 2. The Kier molecular flexibility index (Phi) is 4.18. The highest BCUT2D eigenvalue weighted by molar-refractivity contribution is 5.84. The number of amides is 1. The zero-order valence-corrected chi connectivity index (χ0v) is 11.1. The Bertz CT molecular complexity index is 539. The van der Waals surface area contributed by atoms with Crippen LogP contribution in [0.25, 0.3) is 0 Å². The minimum atomic E-state index is -0.873. The van der Waals surface area contributed by atoms with Crippen molar-refractivity contribution < 1.29 is 13.6 Å². The minimum Gasteiger partial charge on any atom is -0.369 e. The van der Waals surface area contributed by atoms with E-state index < -0.39 is 17.7 Å². The van der Waals surface area contributed by atoms with Gasteiger partial charge < -0.3 is 10.2 Å². The molecule has 1 aliphatic heterocycles. The van der Waals surface area contributed by atoms with Gasteiger partial charge in [0.05, 0.1) is 11.6 Å². The minimum absolute atomic E-state index is 0.0935. The zero-order chi connectivity index (χ0) is 14.7. The van der Waals surface area contributed by atoms with Gasteiger partial charge in [-0.05, 0) is 31.9 Å². The maximum atomic E-state index is 13.7. The van der Waals surface area contributed by atoms with Crippen LogP contribution < -0.4 is 5.32 Å². The quantitative estimate of drug-likeness (QED) is 0.923. The molecular weight excluding hydrogens is 264 g/mol. The summed E-state index contributed by atoms with van der Waals surface area (Å²) in [6.45, 7) is 2.93. The molecule has 0 saturated carbocycles. The van der Waals surface area contributed by atoms with E-state index >= 15 is 0 Å². The molecule has 2 rings (SSSR count). The van der Waals surface area contributed by atoms with Crippen molar-refractivity contribution in [1.82, 2.24) is 4.90 Å². The first-order chi connectivity index (χ1) is 9.52. The number of nitriles is 1. The van der Waals surface area contributed by atoms with Crippen LogP contribution in [0.3, 0.4) is 0 Å². The van der Waals surface area contributed by atoms with E-state index in [-0.39, 0.29) is 17.2 Å². The van der Waals surface area contributed by atoms with Crippen LogP contribution in [0.2, 0.25) is 0 Å². The highest BCUT2D eigenvalue weighted by Gasteiger charge is 2.24. The summed E-state index contributed by atoms with van der Waals surface area (Å²) in [5.41, 5.74) is -0.465. The standard InChI is InChI=1S/C14H15F2N3O/c1-9(14(20)19-4-2-3-5-19)18-13-11(15)6-10(8-17)7-12(13)16/h6-7,9,18H,2-5H2,1H3. The number of rotatable bonds is 3. The number of hydrogen-bond acceptors (Lipinski definition) is 3. The third-order valence-electron chi connectivity index (χ3n) is 3.32. The van der Waals surface area contributed by atoms with E-state index in [0.29, 0.717) is 13.1 Å². The molecule has 0 aromatic heterocycles. The molecule has 1 atom stereocenters. The van der Waals surface area contributed by atoms with Crippen molar-refractivity contribution in [1.29, 1.82) is 5.26 Å². The Morgan fingerprint density at radius 3 is 2.40 bits per heavy atom. The number of benzene rings is 1. The second kappa shape index (κ2) is 5.87. The molecule has 1 amide bonds. The van der Waals surface area contributed by atoms with Crippen LogP contribution in [0.5, 0.6) is 0 Å². The number of carbonyl (C=O) groups excluding carboxylic acids is 1. The fraction of sp³-hybridized carbons (Fsp3) is 0.429. The van der Waals surface area contributed by atoms with Crippen molar-refractivity contribution >= 4 is 11.6 Å². The normalized spacial score (nSPS) is 15.8.